The molecular weight excluding hydrogens is 458 g/mol. The van der Waals surface area contributed by atoms with Crippen molar-refractivity contribution in [2.45, 2.75) is 5.16 Å². The number of anilines is 1. The topological polar surface area (TPSA) is 65.4 Å². The third-order valence-corrected chi connectivity index (χ3v) is 6.11. The van der Waals surface area contributed by atoms with Crippen LogP contribution in [0.4, 0.5) is 5.69 Å². The first-order valence-electron chi connectivity index (χ1n) is 10.1. The van der Waals surface area contributed by atoms with Gasteiger partial charge in [-0.05, 0) is 42.5 Å². The maximum Gasteiger partial charge on any atom is 0.234 e. The summed E-state index contributed by atoms with van der Waals surface area (Å²) in [6.07, 6.45) is 1.94. The van der Waals surface area contributed by atoms with Crippen LogP contribution in [0.15, 0.2) is 84.1 Å². The normalized spacial score (nSPS) is 10.6. The van der Waals surface area contributed by atoms with Gasteiger partial charge in [-0.1, -0.05) is 53.7 Å². The van der Waals surface area contributed by atoms with Crippen LogP contribution >= 0.6 is 23.4 Å². The van der Waals surface area contributed by atoms with E-state index in [9.17, 15) is 4.79 Å². The molecule has 33 heavy (non-hydrogen) atoms. The van der Waals surface area contributed by atoms with Gasteiger partial charge >= 0.3 is 0 Å². The predicted molar refractivity (Wildman–Crippen MR) is 133 cm³/mol. The molecule has 0 saturated carbocycles. The van der Waals surface area contributed by atoms with Crippen molar-refractivity contribution >= 4 is 35.0 Å². The zero-order valence-electron chi connectivity index (χ0n) is 18.1. The molecule has 0 fully saturated rings. The highest BCUT2D eigenvalue weighted by molar-refractivity contribution is 7.99. The number of amides is 1. The molecule has 1 aromatic heterocycles. The Morgan fingerprint density at radius 3 is 2.45 bits per heavy atom. The number of ether oxygens (including phenoxy) is 2. The molecule has 1 N–H and O–H groups in total. The average Bonchev–Trinajstić information content (AvgIpc) is 3.28. The lowest BCUT2D eigenvalue weighted by Crippen LogP contribution is -2.14. The van der Waals surface area contributed by atoms with Crippen LogP contribution < -0.4 is 14.8 Å². The molecule has 6 nitrogen and oxygen atoms in total. The number of carbonyl (C=O) groups is 1. The van der Waals surface area contributed by atoms with Gasteiger partial charge in [0.1, 0.15) is 11.5 Å². The van der Waals surface area contributed by atoms with Crippen molar-refractivity contribution in [1.82, 2.24) is 9.55 Å². The number of carbonyl (C=O) groups excluding carboxylic acids is 1. The largest absolute Gasteiger partial charge is 0.497 e. The molecular formula is C25H22ClN3O3S. The molecule has 0 aliphatic heterocycles. The van der Waals surface area contributed by atoms with Gasteiger partial charge in [0.05, 0.1) is 30.7 Å². The van der Waals surface area contributed by atoms with E-state index in [0.717, 1.165) is 22.7 Å². The lowest BCUT2D eigenvalue weighted by atomic mass is 10.2. The monoisotopic (exact) mass is 479 g/mol. The Morgan fingerprint density at radius 2 is 1.79 bits per heavy atom. The number of nitrogens with zero attached hydrogens (tertiary/aromatic N) is 2. The van der Waals surface area contributed by atoms with Crippen molar-refractivity contribution in [2.75, 3.05) is 25.3 Å². The standard InChI is InChI=1S/C25H22ClN3O3S/c1-31-20-11-8-18(9-12-20)27-24(30)16-33-25-28-22(17-6-4-3-5-7-17)15-29(25)19-10-13-23(32-2)21(26)14-19/h3-15H,16H2,1-2H3,(H,27,30). The molecule has 4 rings (SSSR count). The van der Waals surface area contributed by atoms with Gasteiger partial charge in [-0.2, -0.15) is 0 Å². The van der Waals surface area contributed by atoms with E-state index >= 15 is 0 Å². The summed E-state index contributed by atoms with van der Waals surface area (Å²) in [4.78, 5) is 17.4. The zero-order valence-corrected chi connectivity index (χ0v) is 19.7. The third-order valence-electron chi connectivity index (χ3n) is 4.86. The van der Waals surface area contributed by atoms with E-state index in [1.54, 1.807) is 38.5 Å². The number of hydrogen-bond acceptors (Lipinski definition) is 5. The minimum Gasteiger partial charge on any atom is -0.497 e. The summed E-state index contributed by atoms with van der Waals surface area (Å²) in [5.74, 6) is 1.39. The van der Waals surface area contributed by atoms with Gasteiger partial charge in [-0.15, -0.1) is 0 Å². The van der Waals surface area contributed by atoms with Crippen LogP contribution in [-0.2, 0) is 4.79 Å². The van der Waals surface area contributed by atoms with Crippen molar-refractivity contribution in [3.05, 3.63) is 84.0 Å². The number of rotatable bonds is 8. The first kappa shape index (κ1) is 22.8. The lowest BCUT2D eigenvalue weighted by Gasteiger charge is -2.10. The van der Waals surface area contributed by atoms with Crippen LogP contribution in [0, 0.1) is 0 Å². The molecule has 0 atom stereocenters. The van der Waals surface area contributed by atoms with Crippen LogP contribution in [0.3, 0.4) is 0 Å². The molecule has 0 aliphatic rings. The van der Waals surface area contributed by atoms with Gasteiger partial charge in [-0.25, -0.2) is 4.98 Å². The smallest absolute Gasteiger partial charge is 0.234 e. The molecule has 1 heterocycles. The maximum atomic E-state index is 12.6. The molecule has 8 heteroatoms. The third kappa shape index (κ3) is 5.50. The zero-order chi connectivity index (χ0) is 23.2. The summed E-state index contributed by atoms with van der Waals surface area (Å²) in [6, 6.07) is 22.6. The summed E-state index contributed by atoms with van der Waals surface area (Å²) in [5.41, 5.74) is 3.33. The van der Waals surface area contributed by atoms with E-state index < -0.39 is 0 Å². The van der Waals surface area contributed by atoms with E-state index in [1.165, 1.54) is 11.8 Å². The SMILES string of the molecule is COc1ccc(NC(=O)CSc2nc(-c3ccccc3)cn2-c2ccc(OC)c(Cl)c2)cc1. The first-order chi connectivity index (χ1) is 16.1. The Morgan fingerprint density at radius 1 is 1.03 bits per heavy atom. The van der Waals surface area contributed by atoms with Crippen molar-refractivity contribution in [3.8, 4) is 28.4 Å². The van der Waals surface area contributed by atoms with Gasteiger partial charge < -0.3 is 14.8 Å². The fourth-order valence-electron chi connectivity index (χ4n) is 3.20. The number of imidazole rings is 1. The molecule has 0 radical (unpaired) electrons. The highest BCUT2D eigenvalue weighted by atomic mass is 35.5. The second-order valence-electron chi connectivity index (χ2n) is 7.03. The first-order valence-corrected chi connectivity index (χ1v) is 11.5. The fraction of sp³-hybridized carbons (Fsp3) is 0.120. The van der Waals surface area contributed by atoms with E-state index in [2.05, 4.69) is 5.32 Å². The Bertz CT molecular complexity index is 1240. The summed E-state index contributed by atoms with van der Waals surface area (Å²) >= 11 is 7.71. The molecule has 3 aromatic carbocycles. The molecule has 0 bridgehead atoms. The van der Waals surface area contributed by atoms with Crippen LogP contribution in [0.5, 0.6) is 11.5 Å². The maximum absolute atomic E-state index is 12.6. The predicted octanol–water partition coefficient (Wildman–Crippen LogP) is 5.94. The summed E-state index contributed by atoms with van der Waals surface area (Å²) in [6.45, 7) is 0. The molecule has 4 aromatic rings. The van der Waals surface area contributed by atoms with Crippen molar-refractivity contribution in [2.24, 2.45) is 0 Å². The molecule has 0 aliphatic carbocycles. The number of methoxy groups -OCH3 is 2. The Hall–Kier alpha value is -3.42. The quantitative estimate of drug-likeness (QED) is 0.317. The van der Waals surface area contributed by atoms with Gasteiger partial charge in [0, 0.05) is 23.1 Å². The molecule has 0 saturated heterocycles. The Labute approximate surface area is 201 Å². The molecule has 0 spiro atoms. The second-order valence-corrected chi connectivity index (χ2v) is 8.38. The lowest BCUT2D eigenvalue weighted by molar-refractivity contribution is -0.113. The summed E-state index contributed by atoms with van der Waals surface area (Å²) in [7, 11) is 3.18. The number of hydrogen-bond donors (Lipinski definition) is 1. The van der Waals surface area contributed by atoms with Crippen LogP contribution in [0.1, 0.15) is 0 Å². The number of halogens is 1. The number of nitrogens with one attached hydrogen (secondary N) is 1. The highest BCUT2D eigenvalue weighted by Crippen LogP contribution is 2.31. The minimum atomic E-state index is -0.131. The van der Waals surface area contributed by atoms with E-state index in [4.69, 9.17) is 26.1 Å². The van der Waals surface area contributed by atoms with E-state index in [1.807, 2.05) is 59.3 Å². The molecule has 168 valence electrons. The average molecular weight is 480 g/mol. The Balaban J connectivity index is 1.57. The Kier molecular flexibility index (Phi) is 7.22. The van der Waals surface area contributed by atoms with E-state index in [0.29, 0.717) is 21.6 Å². The van der Waals surface area contributed by atoms with E-state index in [-0.39, 0.29) is 11.7 Å². The van der Waals surface area contributed by atoms with Gasteiger partial charge in [0.15, 0.2) is 5.16 Å². The summed E-state index contributed by atoms with van der Waals surface area (Å²) in [5, 5.41) is 4.07. The van der Waals surface area contributed by atoms with Crippen LogP contribution in [-0.4, -0.2) is 35.4 Å². The molecule has 0 unspecified atom stereocenters. The number of benzene rings is 3. The summed E-state index contributed by atoms with van der Waals surface area (Å²) < 4.78 is 12.3. The van der Waals surface area contributed by atoms with Crippen molar-refractivity contribution in [1.29, 1.82) is 0 Å². The van der Waals surface area contributed by atoms with Crippen molar-refractivity contribution in [3.63, 3.8) is 0 Å². The van der Waals surface area contributed by atoms with Crippen LogP contribution in [0.25, 0.3) is 16.9 Å². The van der Waals surface area contributed by atoms with Crippen LogP contribution in [0.2, 0.25) is 5.02 Å². The van der Waals surface area contributed by atoms with Gasteiger partial charge in [0.2, 0.25) is 5.91 Å². The molecule has 1 amide bonds. The number of thioether (sulfide) groups is 1. The minimum absolute atomic E-state index is 0.131. The second kappa shape index (κ2) is 10.5. The highest BCUT2D eigenvalue weighted by Gasteiger charge is 2.15. The number of aromatic nitrogens is 2. The van der Waals surface area contributed by atoms with Gasteiger partial charge in [-0.3, -0.25) is 9.36 Å². The van der Waals surface area contributed by atoms with Gasteiger partial charge in [0.25, 0.3) is 0 Å². The fourth-order valence-corrected chi connectivity index (χ4v) is 4.25. The van der Waals surface area contributed by atoms with Crippen molar-refractivity contribution < 1.29 is 14.3 Å².